The molecule has 4 aromatic rings. The lowest BCUT2D eigenvalue weighted by atomic mass is 10.0. The second-order valence-corrected chi connectivity index (χ2v) is 7.52. The molecule has 0 aliphatic heterocycles. The van der Waals surface area contributed by atoms with E-state index in [9.17, 15) is 9.59 Å². The Hall–Kier alpha value is -2.86. The van der Waals surface area contributed by atoms with Crippen LogP contribution >= 0.6 is 34.8 Å². The number of carbonyl (C=O) groups is 1. The van der Waals surface area contributed by atoms with E-state index in [1.165, 1.54) is 18.3 Å². The zero-order valence-corrected chi connectivity index (χ0v) is 17.7. The number of fused-ring (bicyclic) bond motifs is 1. The summed E-state index contributed by atoms with van der Waals surface area (Å²) in [6, 6.07) is 13.8. The Bertz CT molecular complexity index is 1350. The molecule has 0 amide bonds. The van der Waals surface area contributed by atoms with Gasteiger partial charge in [0, 0.05) is 12.3 Å². The first kappa shape index (κ1) is 20.4. The highest BCUT2D eigenvalue weighted by Crippen LogP contribution is 2.32. The molecule has 0 aliphatic rings. The van der Waals surface area contributed by atoms with Crippen LogP contribution in [0.3, 0.4) is 0 Å². The topological polar surface area (TPSA) is 69.4 Å². The molecule has 5 nitrogen and oxygen atoms in total. The molecular formula is C22H12Cl3NO4. The third kappa shape index (κ3) is 3.67. The van der Waals surface area contributed by atoms with Gasteiger partial charge in [0.05, 0.1) is 26.0 Å². The number of hydrogen-bond donors (Lipinski definition) is 0. The van der Waals surface area contributed by atoms with Crippen LogP contribution in [0.4, 0.5) is 0 Å². The van der Waals surface area contributed by atoms with Crippen LogP contribution in [0.1, 0.15) is 16.2 Å². The van der Waals surface area contributed by atoms with Crippen LogP contribution in [0.5, 0.6) is 5.75 Å². The fourth-order valence-electron chi connectivity index (χ4n) is 3.03. The van der Waals surface area contributed by atoms with Crippen LogP contribution in [-0.4, -0.2) is 11.0 Å². The first-order valence-electron chi connectivity index (χ1n) is 8.71. The summed E-state index contributed by atoms with van der Waals surface area (Å²) >= 11 is 17.8. The Kier molecular flexibility index (Phi) is 5.52. The summed E-state index contributed by atoms with van der Waals surface area (Å²) in [6.07, 6.45) is 1.21. The predicted molar refractivity (Wildman–Crippen MR) is 117 cm³/mol. The molecule has 0 radical (unpaired) electrons. The zero-order chi connectivity index (χ0) is 21.4. The molecule has 4 rings (SSSR count). The Balaban J connectivity index is 1.72. The van der Waals surface area contributed by atoms with Gasteiger partial charge < -0.3 is 9.15 Å². The number of rotatable bonds is 3. The van der Waals surface area contributed by atoms with Crippen molar-refractivity contribution in [1.82, 2.24) is 4.98 Å². The fourth-order valence-corrected chi connectivity index (χ4v) is 3.59. The molecule has 2 aromatic heterocycles. The van der Waals surface area contributed by atoms with E-state index >= 15 is 0 Å². The van der Waals surface area contributed by atoms with E-state index in [1.807, 2.05) is 30.3 Å². The zero-order valence-electron chi connectivity index (χ0n) is 15.4. The third-order valence-corrected chi connectivity index (χ3v) is 5.66. The van der Waals surface area contributed by atoms with E-state index < -0.39 is 5.97 Å². The smallest absolute Gasteiger partial charge is 0.363 e. The number of esters is 1. The van der Waals surface area contributed by atoms with Crippen molar-refractivity contribution in [2.45, 2.75) is 6.92 Å². The highest BCUT2D eigenvalue weighted by atomic mass is 35.5. The normalized spacial score (nSPS) is 10.9. The van der Waals surface area contributed by atoms with Crippen molar-refractivity contribution in [2.75, 3.05) is 0 Å². The highest BCUT2D eigenvalue weighted by Gasteiger charge is 2.20. The molecule has 0 spiro atoms. The molecule has 2 heterocycles. The fraction of sp³-hybridized carbons (Fsp3) is 0.0455. The van der Waals surface area contributed by atoms with Crippen molar-refractivity contribution in [3.05, 3.63) is 91.5 Å². The minimum Gasteiger partial charge on any atom is -0.460 e. The van der Waals surface area contributed by atoms with Gasteiger partial charge in [-0.15, -0.1) is 0 Å². The maximum Gasteiger partial charge on any atom is 0.363 e. The van der Waals surface area contributed by atoms with Gasteiger partial charge in [0.15, 0.2) is 5.69 Å². The lowest BCUT2D eigenvalue weighted by Crippen LogP contribution is -2.12. The number of nitrogens with zero attached hydrogens (tertiary/aromatic N) is 1. The lowest BCUT2D eigenvalue weighted by Gasteiger charge is -2.09. The van der Waals surface area contributed by atoms with Crippen molar-refractivity contribution < 1.29 is 13.9 Å². The molecule has 150 valence electrons. The second kappa shape index (κ2) is 8.11. The van der Waals surface area contributed by atoms with Crippen molar-refractivity contribution in [1.29, 1.82) is 0 Å². The van der Waals surface area contributed by atoms with Gasteiger partial charge in [-0.2, -0.15) is 0 Å². The average molecular weight is 461 g/mol. The lowest BCUT2D eigenvalue weighted by molar-refractivity contribution is 0.0729. The van der Waals surface area contributed by atoms with Crippen molar-refractivity contribution >= 4 is 51.7 Å². The SMILES string of the molecule is Cc1oc2cc(OC(=O)c3ncc(Cl)c(Cl)c3Cl)ccc2c(=O)c1-c1ccccc1. The van der Waals surface area contributed by atoms with Crippen molar-refractivity contribution in [3.63, 3.8) is 0 Å². The van der Waals surface area contributed by atoms with Crippen LogP contribution < -0.4 is 10.2 Å². The van der Waals surface area contributed by atoms with Crippen LogP contribution in [0.2, 0.25) is 15.1 Å². The largest absolute Gasteiger partial charge is 0.460 e. The van der Waals surface area contributed by atoms with Gasteiger partial charge in [0.25, 0.3) is 0 Å². The number of hydrogen-bond acceptors (Lipinski definition) is 5. The summed E-state index contributed by atoms with van der Waals surface area (Å²) in [5.41, 5.74) is 1.19. The Morgan fingerprint density at radius 3 is 2.50 bits per heavy atom. The Morgan fingerprint density at radius 1 is 1.03 bits per heavy atom. The number of pyridine rings is 1. The molecule has 0 unspecified atom stereocenters. The summed E-state index contributed by atoms with van der Waals surface area (Å²) < 4.78 is 11.2. The van der Waals surface area contributed by atoms with Gasteiger partial charge in [-0.3, -0.25) is 4.79 Å². The van der Waals surface area contributed by atoms with Crippen LogP contribution in [0, 0.1) is 6.92 Å². The molecule has 0 saturated carbocycles. The molecule has 0 bridgehead atoms. The van der Waals surface area contributed by atoms with E-state index in [-0.39, 0.29) is 37.5 Å². The molecule has 0 fully saturated rings. The third-order valence-electron chi connectivity index (χ3n) is 4.42. The molecule has 8 heteroatoms. The Labute approximate surface area is 185 Å². The van der Waals surface area contributed by atoms with E-state index in [4.69, 9.17) is 44.0 Å². The first-order chi connectivity index (χ1) is 14.4. The minimum absolute atomic E-state index is 0.00820. The quantitative estimate of drug-likeness (QED) is 0.263. The van der Waals surface area contributed by atoms with E-state index in [1.54, 1.807) is 13.0 Å². The first-order valence-corrected chi connectivity index (χ1v) is 9.84. The van der Waals surface area contributed by atoms with Crippen LogP contribution in [-0.2, 0) is 0 Å². The maximum atomic E-state index is 13.0. The monoisotopic (exact) mass is 459 g/mol. The molecule has 0 saturated heterocycles. The summed E-state index contributed by atoms with van der Waals surface area (Å²) in [5.74, 6) is -0.208. The summed E-state index contributed by atoms with van der Waals surface area (Å²) in [7, 11) is 0. The second-order valence-electron chi connectivity index (χ2n) is 6.36. The van der Waals surface area contributed by atoms with Crippen molar-refractivity contribution in [2.24, 2.45) is 0 Å². The maximum absolute atomic E-state index is 13.0. The summed E-state index contributed by atoms with van der Waals surface area (Å²) in [5, 5.41) is 0.388. The number of carbonyl (C=O) groups excluding carboxylic acids is 1. The van der Waals surface area contributed by atoms with Gasteiger partial charge in [0.1, 0.15) is 17.1 Å². The van der Waals surface area contributed by atoms with Crippen molar-refractivity contribution in [3.8, 4) is 16.9 Å². The number of halogens is 3. The molecule has 0 N–H and O–H groups in total. The number of aryl methyl sites for hydroxylation is 1. The average Bonchev–Trinajstić information content (AvgIpc) is 2.72. The van der Waals surface area contributed by atoms with Gasteiger partial charge in [-0.05, 0) is 24.6 Å². The predicted octanol–water partition coefficient (Wildman–Crippen LogP) is 6.34. The summed E-state index contributed by atoms with van der Waals surface area (Å²) in [6.45, 7) is 1.71. The molecule has 0 aliphatic carbocycles. The van der Waals surface area contributed by atoms with E-state index in [0.717, 1.165) is 5.56 Å². The minimum atomic E-state index is -0.821. The number of benzene rings is 2. The molecule has 2 aromatic carbocycles. The number of aromatic nitrogens is 1. The highest BCUT2D eigenvalue weighted by molar-refractivity contribution is 6.48. The summed E-state index contributed by atoms with van der Waals surface area (Å²) in [4.78, 5) is 29.3. The van der Waals surface area contributed by atoms with Crippen LogP contribution in [0.25, 0.3) is 22.1 Å². The van der Waals surface area contributed by atoms with Crippen LogP contribution in [0.15, 0.2) is 63.9 Å². The molecular weight excluding hydrogens is 449 g/mol. The van der Waals surface area contributed by atoms with Gasteiger partial charge >= 0.3 is 5.97 Å². The Morgan fingerprint density at radius 2 is 1.77 bits per heavy atom. The number of ether oxygens (including phenoxy) is 1. The van der Waals surface area contributed by atoms with E-state index in [2.05, 4.69) is 4.98 Å². The van der Waals surface area contributed by atoms with Gasteiger partial charge in [-0.1, -0.05) is 65.1 Å². The van der Waals surface area contributed by atoms with E-state index in [0.29, 0.717) is 16.7 Å². The van der Waals surface area contributed by atoms with Gasteiger partial charge in [-0.25, -0.2) is 9.78 Å². The standard InChI is InChI=1S/C22H12Cl3NO4/c1-11-17(12-5-3-2-4-6-12)21(27)14-8-7-13(9-16(14)29-11)30-22(28)20-19(25)18(24)15(23)10-26-20/h2-10H,1H3. The molecule has 30 heavy (non-hydrogen) atoms. The molecule has 0 atom stereocenters. The van der Waals surface area contributed by atoms with Gasteiger partial charge in [0.2, 0.25) is 5.43 Å².